The van der Waals surface area contributed by atoms with Crippen LogP contribution in [0.2, 0.25) is 0 Å². The van der Waals surface area contributed by atoms with Gasteiger partial charge in [0.25, 0.3) is 5.89 Å². The lowest BCUT2D eigenvalue weighted by Crippen LogP contribution is -1.89. The number of nitrogens with zero attached hydrogens (tertiary/aromatic N) is 3. The van der Waals surface area contributed by atoms with E-state index >= 15 is 0 Å². The molecule has 1 heterocycles. The number of benzene rings is 1. The minimum absolute atomic E-state index is 0.0136. The quantitative estimate of drug-likeness (QED) is 0.685. The predicted octanol–water partition coefficient (Wildman–Crippen LogP) is 1.75. The summed E-state index contributed by atoms with van der Waals surface area (Å²) in [4.78, 5) is 0. The van der Waals surface area contributed by atoms with Crippen molar-refractivity contribution in [2.45, 2.75) is 0 Å². The highest BCUT2D eigenvalue weighted by atomic mass is 19.1. The summed E-state index contributed by atoms with van der Waals surface area (Å²) >= 11 is 0. The Morgan fingerprint density at radius 3 is 2.93 bits per heavy atom. The van der Waals surface area contributed by atoms with Crippen molar-refractivity contribution >= 4 is 0 Å². The summed E-state index contributed by atoms with van der Waals surface area (Å²) in [6.07, 6.45) is 1.09. The molecule has 0 aliphatic rings. The van der Waals surface area contributed by atoms with Crippen molar-refractivity contribution in [1.29, 1.82) is 5.26 Å². The molecular weight excluding hydrogens is 185 g/mol. The van der Waals surface area contributed by atoms with Crippen molar-refractivity contribution in [3.05, 3.63) is 36.0 Å². The fraction of sp³-hybridized carbons (Fsp3) is 0. The topological polar surface area (TPSA) is 62.7 Å². The lowest BCUT2D eigenvalue weighted by Gasteiger charge is -1.98. The summed E-state index contributed by atoms with van der Waals surface area (Å²) < 4.78 is 18.2. The van der Waals surface area contributed by atoms with Crippen LogP contribution in [0.15, 0.2) is 29.0 Å². The fourth-order valence-corrected chi connectivity index (χ4v) is 1.12. The molecule has 4 nitrogen and oxygen atoms in total. The summed E-state index contributed by atoms with van der Waals surface area (Å²) in [6.45, 7) is 0. The van der Waals surface area contributed by atoms with Crippen LogP contribution in [0, 0.1) is 17.1 Å². The molecule has 0 N–H and O–H groups in total. The zero-order valence-corrected chi connectivity index (χ0v) is 6.94. The predicted molar refractivity (Wildman–Crippen MR) is 44.4 cm³/mol. The molecule has 2 rings (SSSR count). The maximum atomic E-state index is 13.3. The maximum absolute atomic E-state index is 13.3. The van der Waals surface area contributed by atoms with E-state index in [1.807, 2.05) is 6.07 Å². The number of hydrogen-bond donors (Lipinski definition) is 0. The van der Waals surface area contributed by atoms with E-state index in [9.17, 15) is 4.39 Å². The van der Waals surface area contributed by atoms with Crippen LogP contribution >= 0.6 is 0 Å². The fourth-order valence-electron chi connectivity index (χ4n) is 1.12. The van der Waals surface area contributed by atoms with Gasteiger partial charge in [-0.2, -0.15) is 5.26 Å². The maximum Gasteiger partial charge on any atom is 0.251 e. The Morgan fingerprint density at radius 1 is 1.43 bits per heavy atom. The highest BCUT2D eigenvalue weighted by Crippen LogP contribution is 2.23. The van der Waals surface area contributed by atoms with Gasteiger partial charge in [-0.3, -0.25) is 0 Å². The summed E-state index contributed by atoms with van der Waals surface area (Å²) in [5, 5.41) is 15.7. The van der Waals surface area contributed by atoms with Crippen LogP contribution in [0.1, 0.15) is 5.56 Å². The van der Waals surface area contributed by atoms with Crippen LogP contribution in [0.25, 0.3) is 11.5 Å². The van der Waals surface area contributed by atoms with Crippen molar-refractivity contribution in [3.63, 3.8) is 0 Å². The highest BCUT2D eigenvalue weighted by molar-refractivity contribution is 5.63. The van der Waals surface area contributed by atoms with Gasteiger partial charge in [0, 0.05) is 0 Å². The van der Waals surface area contributed by atoms with Crippen molar-refractivity contribution in [1.82, 2.24) is 10.2 Å². The molecule has 5 heteroatoms. The van der Waals surface area contributed by atoms with E-state index in [-0.39, 0.29) is 17.0 Å². The van der Waals surface area contributed by atoms with Crippen LogP contribution in [-0.2, 0) is 0 Å². The second-order valence-corrected chi connectivity index (χ2v) is 2.52. The van der Waals surface area contributed by atoms with E-state index in [1.165, 1.54) is 18.2 Å². The van der Waals surface area contributed by atoms with Gasteiger partial charge in [0.05, 0.1) is 11.1 Å². The molecule has 68 valence electrons. The summed E-state index contributed by atoms with van der Waals surface area (Å²) in [7, 11) is 0. The molecule has 0 bridgehead atoms. The SMILES string of the molecule is N#Cc1cccc(F)c1-c1nnco1. The van der Waals surface area contributed by atoms with Gasteiger partial charge in [-0.05, 0) is 12.1 Å². The van der Waals surface area contributed by atoms with E-state index < -0.39 is 5.82 Å². The molecule has 1 aromatic heterocycles. The first-order chi connectivity index (χ1) is 6.83. The highest BCUT2D eigenvalue weighted by Gasteiger charge is 2.14. The Labute approximate surface area is 78.6 Å². The Hall–Kier alpha value is -2.22. The first-order valence-electron chi connectivity index (χ1n) is 3.78. The molecule has 0 aliphatic heterocycles. The van der Waals surface area contributed by atoms with Gasteiger partial charge < -0.3 is 4.42 Å². The second-order valence-electron chi connectivity index (χ2n) is 2.52. The average Bonchev–Trinajstić information content (AvgIpc) is 2.70. The van der Waals surface area contributed by atoms with E-state index in [0.717, 1.165) is 6.39 Å². The normalized spacial score (nSPS) is 9.71. The minimum Gasteiger partial charge on any atom is -0.423 e. The first kappa shape index (κ1) is 8.38. The first-order valence-corrected chi connectivity index (χ1v) is 3.78. The zero-order valence-electron chi connectivity index (χ0n) is 6.94. The van der Waals surface area contributed by atoms with Gasteiger partial charge in [-0.25, -0.2) is 4.39 Å². The van der Waals surface area contributed by atoms with Gasteiger partial charge >= 0.3 is 0 Å². The Bertz CT molecular complexity index is 487. The van der Waals surface area contributed by atoms with Crippen LogP contribution in [0.4, 0.5) is 4.39 Å². The molecule has 0 spiro atoms. The third-order valence-corrected chi connectivity index (χ3v) is 1.71. The van der Waals surface area contributed by atoms with Crippen molar-refractivity contribution in [3.8, 4) is 17.5 Å². The van der Waals surface area contributed by atoms with Crippen molar-refractivity contribution in [2.75, 3.05) is 0 Å². The number of halogens is 1. The standard InChI is InChI=1S/C9H4FN3O/c10-7-3-1-2-6(4-11)8(7)9-13-12-5-14-9/h1-3,5H. The van der Waals surface area contributed by atoms with Crippen LogP contribution in [0.5, 0.6) is 0 Å². The molecular formula is C9H4FN3O. The number of nitriles is 1. The van der Waals surface area contributed by atoms with Gasteiger partial charge in [0.1, 0.15) is 11.9 Å². The molecule has 2 aromatic rings. The lowest BCUT2D eigenvalue weighted by atomic mass is 10.1. The molecule has 0 radical (unpaired) electrons. The minimum atomic E-state index is -0.548. The van der Waals surface area contributed by atoms with Crippen LogP contribution < -0.4 is 0 Å². The molecule has 0 aliphatic carbocycles. The molecule has 14 heavy (non-hydrogen) atoms. The van der Waals surface area contributed by atoms with Gasteiger partial charge in [-0.1, -0.05) is 6.07 Å². The van der Waals surface area contributed by atoms with Crippen LogP contribution in [0.3, 0.4) is 0 Å². The smallest absolute Gasteiger partial charge is 0.251 e. The molecule has 0 atom stereocenters. The molecule has 0 amide bonds. The molecule has 0 saturated carbocycles. The van der Waals surface area contributed by atoms with Crippen molar-refractivity contribution in [2.24, 2.45) is 0 Å². The van der Waals surface area contributed by atoms with Crippen molar-refractivity contribution < 1.29 is 8.81 Å². The Morgan fingerprint density at radius 2 is 2.29 bits per heavy atom. The number of aromatic nitrogens is 2. The summed E-state index contributed by atoms with van der Waals surface area (Å²) in [5.41, 5.74) is 0.224. The van der Waals surface area contributed by atoms with E-state index in [2.05, 4.69) is 10.2 Å². The van der Waals surface area contributed by atoms with E-state index in [4.69, 9.17) is 9.68 Å². The van der Waals surface area contributed by atoms with Gasteiger partial charge in [-0.15, -0.1) is 10.2 Å². The molecule has 0 saturated heterocycles. The van der Waals surface area contributed by atoms with Gasteiger partial charge in [0.2, 0.25) is 6.39 Å². The van der Waals surface area contributed by atoms with E-state index in [0.29, 0.717) is 0 Å². The summed E-state index contributed by atoms with van der Waals surface area (Å²) in [6, 6.07) is 6.03. The lowest BCUT2D eigenvalue weighted by molar-refractivity contribution is 0.557. The number of hydrogen-bond acceptors (Lipinski definition) is 4. The summed E-state index contributed by atoms with van der Waals surface area (Å²) in [5.74, 6) is -0.534. The third-order valence-electron chi connectivity index (χ3n) is 1.71. The molecule has 1 aromatic carbocycles. The molecule has 0 unspecified atom stereocenters. The average molecular weight is 189 g/mol. The molecule has 0 fully saturated rings. The third kappa shape index (κ3) is 1.23. The zero-order chi connectivity index (χ0) is 9.97. The second kappa shape index (κ2) is 3.26. The Balaban J connectivity index is 2.69. The largest absolute Gasteiger partial charge is 0.423 e. The Kier molecular flexibility index (Phi) is 1.95. The number of rotatable bonds is 1. The van der Waals surface area contributed by atoms with E-state index in [1.54, 1.807) is 0 Å². The van der Waals surface area contributed by atoms with Crippen LogP contribution in [-0.4, -0.2) is 10.2 Å². The monoisotopic (exact) mass is 189 g/mol. The van der Waals surface area contributed by atoms with Gasteiger partial charge in [0.15, 0.2) is 0 Å².